The predicted molar refractivity (Wildman–Crippen MR) is 27.3 cm³/mol. The second-order valence-electron chi connectivity index (χ2n) is 0.933. The molecule has 0 bridgehead atoms. The highest BCUT2D eigenvalue weighted by Crippen LogP contribution is 3.12. The van der Waals surface area contributed by atoms with Crippen LogP contribution in [0.2, 0.25) is 0 Å². The van der Waals surface area contributed by atoms with Gasteiger partial charge in [0.1, 0.15) is 0 Å². The predicted octanol–water partition coefficient (Wildman–Crippen LogP) is 1.08. The van der Waals surface area contributed by atoms with E-state index >= 15 is 0 Å². The van der Waals surface area contributed by atoms with Gasteiger partial charge in [0.05, 0.1) is 0 Å². The van der Waals surface area contributed by atoms with Crippen molar-refractivity contribution in [1.29, 1.82) is 0 Å². The van der Waals surface area contributed by atoms with Crippen molar-refractivity contribution in [3.63, 3.8) is 0 Å². The second kappa shape index (κ2) is 1.24. The molecule has 1 heterocycles. The molecule has 1 rings (SSSR count). The lowest BCUT2D eigenvalue weighted by Crippen LogP contribution is -1.34. The fourth-order valence-electron chi connectivity index (χ4n) is 0.0965. The van der Waals surface area contributed by atoms with E-state index in [1.807, 2.05) is 0 Å². The third kappa shape index (κ3) is 0.804. The van der Waals surface area contributed by atoms with Gasteiger partial charge in [0.15, 0.2) is 7.53 Å². The molecule has 6 heteroatoms. The quantitative estimate of drug-likeness (QED) is 0.500. The fourth-order valence-corrected chi connectivity index (χ4v) is 5.75. The van der Waals surface area contributed by atoms with Crippen molar-refractivity contribution in [3.05, 3.63) is 0 Å². The normalized spacial score (nSPS) is 59.3. The Morgan fingerprint density at radius 3 is 2.00 bits per heavy atom. The highest BCUT2D eigenvalue weighted by atomic mass is 33.0. The topological polar surface area (TPSA) is 57.5 Å². The van der Waals surface area contributed by atoms with Crippen molar-refractivity contribution >= 4 is 22.2 Å². The molecule has 0 amide bonds. The van der Waals surface area contributed by atoms with E-state index in [1.165, 1.54) is 0 Å². The van der Waals surface area contributed by atoms with Gasteiger partial charge in [-0.1, -0.05) is 0 Å². The molecule has 0 aromatic heterocycles. The lowest BCUT2D eigenvalue weighted by Gasteiger charge is -1.71. The molecule has 0 saturated carbocycles. The van der Waals surface area contributed by atoms with Crippen molar-refractivity contribution in [3.8, 4) is 0 Å². The molecular formula is H3O3P3. The number of hydrogen-bond acceptors (Lipinski definition) is 2. The van der Waals surface area contributed by atoms with E-state index in [4.69, 9.17) is 9.79 Å². The van der Waals surface area contributed by atoms with Gasteiger partial charge in [0, 0.05) is 7.96 Å². The summed E-state index contributed by atoms with van der Waals surface area (Å²) in [5.74, 6) is 0. The van der Waals surface area contributed by atoms with Gasteiger partial charge in [0.2, 0.25) is 0 Å². The maximum atomic E-state index is 10.0. The summed E-state index contributed by atoms with van der Waals surface area (Å²) in [4.78, 5) is 16.5. The van der Waals surface area contributed by atoms with Gasteiger partial charge in [0.25, 0.3) is 6.75 Å². The third-order valence-electron chi connectivity index (χ3n) is 0.437. The van der Waals surface area contributed by atoms with E-state index in [2.05, 4.69) is 0 Å². The third-order valence-corrected chi connectivity index (χ3v) is 10.4. The zero-order valence-corrected chi connectivity index (χ0v) is 5.49. The first-order valence-electron chi connectivity index (χ1n) is 1.23. The Balaban J connectivity index is 2.64. The van der Waals surface area contributed by atoms with Gasteiger partial charge in [-0.3, -0.25) is 4.57 Å². The molecule has 1 fully saturated rings. The molecule has 1 aliphatic heterocycles. The Kier molecular flexibility index (Phi) is 1.07. The molecule has 1 aliphatic rings. The zero-order chi connectivity index (χ0) is 4.78. The van der Waals surface area contributed by atoms with Crippen LogP contribution in [0, 0.1) is 0 Å². The van der Waals surface area contributed by atoms with Crippen LogP contribution in [0.15, 0.2) is 0 Å². The fraction of sp³-hybridized carbons (Fsp3) is 0. The molecule has 0 aromatic rings. The first kappa shape index (κ1) is 5.15. The number of hydrogen-bond donors (Lipinski definition) is 2. The smallest absolute Gasteiger partial charge is 0.273 e. The summed E-state index contributed by atoms with van der Waals surface area (Å²) in [7, 11) is -1.41. The maximum Gasteiger partial charge on any atom is 0.273 e. The molecule has 0 aliphatic carbocycles. The Hall–Kier alpha value is 1.01. The molecule has 3 atom stereocenters. The Bertz CT molecular complexity index is 107. The average molecular weight is 144 g/mol. The highest BCUT2D eigenvalue weighted by molar-refractivity contribution is 9.02. The van der Waals surface area contributed by atoms with Gasteiger partial charge < -0.3 is 9.79 Å². The van der Waals surface area contributed by atoms with E-state index in [0.29, 0.717) is 0 Å². The standard InChI is InChI=1S/H3O3P3/c1-5-4-6(5,2)3/h1,4H,(H,2,3). The lowest BCUT2D eigenvalue weighted by molar-refractivity contribution is 0.511. The molecule has 3 nitrogen and oxygen atoms in total. The first-order valence-corrected chi connectivity index (χ1v) is 7.57. The van der Waals surface area contributed by atoms with Crippen LogP contribution >= 0.6 is 22.2 Å². The molecule has 0 aromatic carbocycles. The van der Waals surface area contributed by atoms with Crippen molar-refractivity contribution in [2.24, 2.45) is 0 Å². The largest absolute Gasteiger partial charge is 0.360 e. The zero-order valence-electron chi connectivity index (χ0n) is 2.70. The van der Waals surface area contributed by atoms with Gasteiger partial charge >= 0.3 is 0 Å². The Morgan fingerprint density at radius 2 is 2.00 bits per heavy atom. The molecule has 36 valence electrons. The summed E-state index contributed by atoms with van der Waals surface area (Å²) in [5.41, 5.74) is 0. The van der Waals surface area contributed by atoms with Crippen molar-refractivity contribution in [2.45, 2.75) is 0 Å². The minimum atomic E-state index is -2.83. The lowest BCUT2D eigenvalue weighted by atomic mass is 15.9. The summed E-state index contributed by atoms with van der Waals surface area (Å²) < 4.78 is 10.0. The second-order valence-corrected chi connectivity index (χ2v) is 13.3. The molecule has 0 radical (unpaired) electrons. The van der Waals surface area contributed by atoms with Gasteiger partial charge in [-0.25, -0.2) is 0 Å². The van der Waals surface area contributed by atoms with Crippen LogP contribution < -0.4 is 0 Å². The van der Waals surface area contributed by atoms with E-state index in [0.717, 1.165) is 0 Å². The average Bonchev–Trinajstić information content (AvgIpc) is 1.73. The molecule has 1 saturated heterocycles. The van der Waals surface area contributed by atoms with E-state index in [1.54, 1.807) is 0 Å². The van der Waals surface area contributed by atoms with Crippen molar-refractivity contribution in [2.75, 3.05) is 0 Å². The van der Waals surface area contributed by atoms with Gasteiger partial charge in [-0.2, -0.15) is 0 Å². The van der Waals surface area contributed by atoms with Crippen molar-refractivity contribution < 1.29 is 14.4 Å². The molecule has 6 heavy (non-hydrogen) atoms. The van der Waals surface area contributed by atoms with Crippen LogP contribution in [0.1, 0.15) is 0 Å². The summed E-state index contributed by atoms with van der Waals surface area (Å²) in [6.07, 6.45) is 0. The summed E-state index contributed by atoms with van der Waals surface area (Å²) in [6, 6.07) is 0. The van der Waals surface area contributed by atoms with Gasteiger partial charge in [-0.05, 0) is 0 Å². The van der Waals surface area contributed by atoms with Crippen LogP contribution in [-0.2, 0) is 4.57 Å². The van der Waals surface area contributed by atoms with E-state index in [9.17, 15) is 4.57 Å². The van der Waals surface area contributed by atoms with Crippen LogP contribution in [0.5, 0.6) is 0 Å². The van der Waals surface area contributed by atoms with Crippen LogP contribution in [0.25, 0.3) is 0 Å². The molecule has 0 spiro atoms. The first-order chi connectivity index (χ1) is 2.63. The molecule has 2 N–H and O–H groups in total. The summed E-state index contributed by atoms with van der Waals surface area (Å²) >= 11 is 0. The van der Waals surface area contributed by atoms with E-state index in [-0.39, 0.29) is 7.96 Å². The minimum Gasteiger partial charge on any atom is -0.360 e. The van der Waals surface area contributed by atoms with Crippen molar-refractivity contribution in [1.82, 2.24) is 0 Å². The SMILES string of the molecule is O=P1(O)PP1O. The van der Waals surface area contributed by atoms with Crippen LogP contribution in [-0.4, -0.2) is 9.79 Å². The Morgan fingerprint density at radius 1 is 1.83 bits per heavy atom. The minimum absolute atomic E-state index is 0.0347. The summed E-state index contributed by atoms with van der Waals surface area (Å²) in [5, 5.41) is 0. The van der Waals surface area contributed by atoms with Crippen LogP contribution in [0.3, 0.4) is 0 Å². The van der Waals surface area contributed by atoms with Crippen LogP contribution in [0.4, 0.5) is 0 Å². The molecule has 3 unspecified atom stereocenters. The summed E-state index contributed by atoms with van der Waals surface area (Å²) in [6.45, 7) is -2.83. The van der Waals surface area contributed by atoms with Gasteiger partial charge in [-0.15, -0.1) is 0 Å². The highest BCUT2D eigenvalue weighted by Gasteiger charge is 2.48. The monoisotopic (exact) mass is 144 g/mol. The Labute approximate surface area is 37.5 Å². The number of rotatable bonds is 0. The van der Waals surface area contributed by atoms with E-state index < -0.39 is 14.3 Å². The maximum absolute atomic E-state index is 10.0. The molecular weight excluding hydrogens is 141 g/mol.